The van der Waals surface area contributed by atoms with Crippen molar-refractivity contribution in [1.29, 1.82) is 0 Å². The molecule has 1 atom stereocenters. The predicted molar refractivity (Wildman–Crippen MR) is 115 cm³/mol. The second-order valence-corrected chi connectivity index (χ2v) is 8.48. The van der Waals surface area contributed by atoms with Gasteiger partial charge in [-0.2, -0.15) is 0 Å². The van der Waals surface area contributed by atoms with Crippen molar-refractivity contribution in [3.63, 3.8) is 0 Å². The summed E-state index contributed by atoms with van der Waals surface area (Å²) in [7, 11) is 0. The van der Waals surface area contributed by atoms with E-state index in [0.29, 0.717) is 5.78 Å². The lowest BCUT2D eigenvalue weighted by Crippen LogP contribution is -2.50. The highest BCUT2D eigenvalue weighted by atomic mass is 32.2. The highest BCUT2D eigenvalue weighted by molar-refractivity contribution is 8.00. The molecular formula is C21H22N6OS. The number of thioether (sulfide) groups is 1. The van der Waals surface area contributed by atoms with Crippen LogP contribution >= 0.6 is 11.8 Å². The molecule has 2 aromatic carbocycles. The molecule has 148 valence electrons. The first-order chi connectivity index (χ1) is 14.2. The third-order valence-electron chi connectivity index (χ3n) is 5.35. The first kappa shape index (κ1) is 18.1. The number of nitrogens with zero attached hydrogens (tertiary/aromatic N) is 5. The molecule has 1 N–H and O–H groups in total. The zero-order valence-electron chi connectivity index (χ0n) is 16.2. The number of para-hydroxylation sites is 3. The van der Waals surface area contributed by atoms with E-state index < -0.39 is 0 Å². The third-order valence-corrected chi connectivity index (χ3v) is 6.39. The molecule has 2 aromatic heterocycles. The number of imidazole rings is 1. The molecule has 1 amide bonds. The summed E-state index contributed by atoms with van der Waals surface area (Å²) in [6.07, 6.45) is 0. The van der Waals surface area contributed by atoms with Gasteiger partial charge in [0.15, 0.2) is 5.16 Å². The van der Waals surface area contributed by atoms with Gasteiger partial charge in [0.05, 0.1) is 16.3 Å². The van der Waals surface area contributed by atoms with Crippen LogP contribution in [0.1, 0.15) is 6.92 Å². The van der Waals surface area contributed by atoms with Gasteiger partial charge in [0.1, 0.15) is 0 Å². The monoisotopic (exact) mass is 406 g/mol. The molecule has 0 bridgehead atoms. The molecule has 0 aliphatic carbocycles. The number of carbonyl (C=O) groups excluding carboxylic acids is 1. The molecule has 1 aliphatic rings. The van der Waals surface area contributed by atoms with Crippen molar-refractivity contribution in [3.05, 3.63) is 54.6 Å². The minimum atomic E-state index is -0.217. The zero-order chi connectivity index (χ0) is 19.8. The van der Waals surface area contributed by atoms with Crippen LogP contribution in [0.25, 0.3) is 16.8 Å². The van der Waals surface area contributed by atoms with Gasteiger partial charge >= 0.3 is 0 Å². The van der Waals surface area contributed by atoms with Crippen molar-refractivity contribution >= 4 is 40.2 Å². The largest absolute Gasteiger partial charge is 0.368 e. The van der Waals surface area contributed by atoms with Gasteiger partial charge in [0.2, 0.25) is 11.7 Å². The Morgan fingerprint density at radius 3 is 2.55 bits per heavy atom. The lowest BCUT2D eigenvalue weighted by Gasteiger charge is -2.37. The number of carbonyl (C=O) groups is 1. The van der Waals surface area contributed by atoms with E-state index in [4.69, 9.17) is 0 Å². The van der Waals surface area contributed by atoms with E-state index >= 15 is 0 Å². The smallest absolute Gasteiger partial charge is 0.236 e. The molecule has 1 fully saturated rings. The van der Waals surface area contributed by atoms with E-state index in [9.17, 15) is 4.79 Å². The summed E-state index contributed by atoms with van der Waals surface area (Å²) in [5.41, 5.74) is 3.13. The van der Waals surface area contributed by atoms with Crippen LogP contribution in [0.4, 0.5) is 5.69 Å². The summed E-state index contributed by atoms with van der Waals surface area (Å²) in [6.45, 7) is 5.14. The van der Waals surface area contributed by atoms with E-state index in [0.717, 1.165) is 42.4 Å². The molecule has 8 heteroatoms. The number of aromatic nitrogens is 4. The lowest BCUT2D eigenvalue weighted by atomic mass is 10.2. The number of aromatic amines is 1. The molecule has 0 unspecified atom stereocenters. The molecule has 0 spiro atoms. The van der Waals surface area contributed by atoms with Crippen LogP contribution in [-0.2, 0) is 4.79 Å². The maximum Gasteiger partial charge on any atom is 0.236 e. The molecular weight excluding hydrogens is 384 g/mol. The van der Waals surface area contributed by atoms with Gasteiger partial charge in [-0.05, 0) is 31.2 Å². The number of anilines is 1. The number of nitrogens with one attached hydrogen (secondary N) is 1. The molecule has 0 saturated carbocycles. The number of benzene rings is 2. The third kappa shape index (κ3) is 3.33. The SMILES string of the molecule is C[C@H](Sc1n[nH]c2nc3ccccc3n12)C(=O)N1CCN(c2ccccc2)CC1. The molecule has 1 saturated heterocycles. The number of amides is 1. The molecule has 29 heavy (non-hydrogen) atoms. The quantitative estimate of drug-likeness (QED) is 0.528. The van der Waals surface area contributed by atoms with Crippen LogP contribution < -0.4 is 4.90 Å². The van der Waals surface area contributed by atoms with Crippen LogP contribution in [0.15, 0.2) is 59.8 Å². The number of H-pyrrole nitrogens is 1. The first-order valence-corrected chi connectivity index (χ1v) is 10.7. The fourth-order valence-corrected chi connectivity index (χ4v) is 4.77. The van der Waals surface area contributed by atoms with E-state index in [-0.39, 0.29) is 11.2 Å². The maximum atomic E-state index is 13.0. The van der Waals surface area contributed by atoms with Crippen LogP contribution in [0.3, 0.4) is 0 Å². The Kier molecular flexibility index (Phi) is 4.63. The average Bonchev–Trinajstić information content (AvgIpc) is 3.33. The summed E-state index contributed by atoms with van der Waals surface area (Å²) >= 11 is 1.47. The van der Waals surface area contributed by atoms with Crippen LogP contribution in [0.2, 0.25) is 0 Å². The topological polar surface area (TPSA) is 69.5 Å². The number of hydrogen-bond acceptors (Lipinski definition) is 5. The van der Waals surface area contributed by atoms with Crippen molar-refractivity contribution in [2.45, 2.75) is 17.3 Å². The second kappa shape index (κ2) is 7.44. The van der Waals surface area contributed by atoms with Crippen molar-refractivity contribution in [1.82, 2.24) is 24.5 Å². The van der Waals surface area contributed by atoms with Gasteiger partial charge in [0, 0.05) is 31.9 Å². The number of hydrogen-bond donors (Lipinski definition) is 1. The van der Waals surface area contributed by atoms with Gasteiger partial charge in [-0.25, -0.2) is 10.1 Å². The van der Waals surface area contributed by atoms with Gasteiger partial charge in [-0.3, -0.25) is 9.20 Å². The predicted octanol–water partition coefficient (Wildman–Crippen LogP) is 3.04. The Hall–Kier alpha value is -3.00. The number of rotatable bonds is 4. The van der Waals surface area contributed by atoms with E-state index in [1.807, 2.05) is 46.6 Å². The summed E-state index contributed by atoms with van der Waals surface area (Å²) in [5, 5.41) is 7.90. The second-order valence-electron chi connectivity index (χ2n) is 7.17. The van der Waals surface area contributed by atoms with E-state index in [2.05, 4.69) is 44.3 Å². The van der Waals surface area contributed by atoms with Crippen molar-refractivity contribution < 1.29 is 4.79 Å². The fourth-order valence-electron chi connectivity index (χ4n) is 3.81. The van der Waals surface area contributed by atoms with Crippen LogP contribution in [-0.4, -0.2) is 61.8 Å². The fraction of sp³-hybridized carbons (Fsp3) is 0.286. The molecule has 0 radical (unpaired) electrons. The first-order valence-electron chi connectivity index (χ1n) is 9.78. The summed E-state index contributed by atoms with van der Waals surface area (Å²) < 4.78 is 1.98. The molecule has 1 aliphatic heterocycles. The molecule has 3 heterocycles. The van der Waals surface area contributed by atoms with Crippen LogP contribution in [0, 0.1) is 0 Å². The lowest BCUT2D eigenvalue weighted by molar-refractivity contribution is -0.130. The van der Waals surface area contributed by atoms with Crippen molar-refractivity contribution in [2.75, 3.05) is 31.1 Å². The van der Waals surface area contributed by atoms with Crippen LogP contribution in [0.5, 0.6) is 0 Å². The molecule has 5 rings (SSSR count). The molecule has 7 nitrogen and oxygen atoms in total. The van der Waals surface area contributed by atoms with Gasteiger partial charge in [-0.1, -0.05) is 42.1 Å². The molecule has 4 aromatic rings. The Morgan fingerprint density at radius 1 is 1.03 bits per heavy atom. The van der Waals surface area contributed by atoms with Gasteiger partial charge < -0.3 is 9.80 Å². The number of fused-ring (bicyclic) bond motifs is 3. The summed E-state index contributed by atoms with van der Waals surface area (Å²) in [4.78, 5) is 21.9. The zero-order valence-corrected chi connectivity index (χ0v) is 17.0. The normalized spacial score (nSPS) is 15.9. The minimum absolute atomic E-state index is 0.156. The Bertz CT molecular complexity index is 1150. The standard InChI is InChI=1S/C21H22N6OS/c1-15(19(28)26-13-11-25(12-14-26)16-7-3-2-4-8-16)29-21-24-23-20-22-17-9-5-6-10-18(17)27(20)21/h2-10,15H,11-14H2,1H3,(H,22,23)/t15-/m0/s1. The average molecular weight is 407 g/mol. The summed E-state index contributed by atoms with van der Waals surface area (Å²) in [5.74, 6) is 0.855. The van der Waals surface area contributed by atoms with Crippen molar-refractivity contribution in [3.8, 4) is 0 Å². The minimum Gasteiger partial charge on any atom is -0.368 e. The Morgan fingerprint density at radius 2 is 1.76 bits per heavy atom. The number of piperazine rings is 1. The Balaban J connectivity index is 1.27. The highest BCUT2D eigenvalue weighted by Gasteiger charge is 2.27. The maximum absolute atomic E-state index is 13.0. The van der Waals surface area contributed by atoms with Crippen molar-refractivity contribution in [2.24, 2.45) is 0 Å². The van der Waals surface area contributed by atoms with Gasteiger partial charge in [-0.15, -0.1) is 5.10 Å². The highest BCUT2D eigenvalue weighted by Crippen LogP contribution is 2.27. The van der Waals surface area contributed by atoms with E-state index in [1.54, 1.807) is 0 Å². The van der Waals surface area contributed by atoms with Gasteiger partial charge in [0.25, 0.3) is 0 Å². The van der Waals surface area contributed by atoms with E-state index in [1.165, 1.54) is 17.4 Å². The summed E-state index contributed by atoms with van der Waals surface area (Å²) in [6, 6.07) is 18.3. The Labute approximate surface area is 172 Å².